The van der Waals surface area contributed by atoms with E-state index < -0.39 is 0 Å². The van der Waals surface area contributed by atoms with Crippen molar-refractivity contribution in [3.8, 4) is 5.75 Å². The Balaban J connectivity index is 2.04. The van der Waals surface area contributed by atoms with Crippen molar-refractivity contribution in [2.75, 3.05) is 19.8 Å². The van der Waals surface area contributed by atoms with Gasteiger partial charge in [-0.15, -0.1) is 0 Å². The van der Waals surface area contributed by atoms with Gasteiger partial charge in [0.15, 0.2) is 0 Å². The highest BCUT2D eigenvalue weighted by molar-refractivity contribution is 5.38. The highest BCUT2D eigenvalue weighted by atomic mass is 16.5. The van der Waals surface area contributed by atoms with Crippen molar-refractivity contribution in [2.24, 2.45) is 5.92 Å². The first-order valence-corrected chi connectivity index (χ1v) is 7.29. The standard InChI is InChI=1S/C16H25NO2/c1-4-17-16-13-7-5-6-8-14(13)19-11-15(16)18-10-9-12(2)3/h5-8,12,15-17H,4,9-11H2,1-3H3. The van der Waals surface area contributed by atoms with Crippen LogP contribution in [0, 0.1) is 5.92 Å². The lowest BCUT2D eigenvalue weighted by Gasteiger charge is -2.34. The van der Waals surface area contributed by atoms with Crippen LogP contribution >= 0.6 is 0 Å². The van der Waals surface area contributed by atoms with Crippen LogP contribution in [0.3, 0.4) is 0 Å². The van der Waals surface area contributed by atoms with Crippen LogP contribution < -0.4 is 10.1 Å². The summed E-state index contributed by atoms with van der Waals surface area (Å²) >= 11 is 0. The first-order chi connectivity index (χ1) is 9.22. The van der Waals surface area contributed by atoms with E-state index in [1.54, 1.807) is 0 Å². The van der Waals surface area contributed by atoms with E-state index in [0.717, 1.165) is 25.3 Å². The van der Waals surface area contributed by atoms with Crippen LogP contribution in [-0.2, 0) is 4.74 Å². The fraction of sp³-hybridized carbons (Fsp3) is 0.625. The molecule has 2 rings (SSSR count). The summed E-state index contributed by atoms with van der Waals surface area (Å²) in [5, 5.41) is 3.52. The molecule has 0 aromatic heterocycles. The highest BCUT2D eigenvalue weighted by Gasteiger charge is 2.30. The van der Waals surface area contributed by atoms with Gasteiger partial charge in [-0.25, -0.2) is 0 Å². The quantitative estimate of drug-likeness (QED) is 0.855. The van der Waals surface area contributed by atoms with Gasteiger partial charge in [-0.2, -0.15) is 0 Å². The molecular formula is C16H25NO2. The van der Waals surface area contributed by atoms with Crippen molar-refractivity contribution in [2.45, 2.75) is 39.3 Å². The Kier molecular flexibility index (Phi) is 5.23. The maximum Gasteiger partial charge on any atom is 0.124 e. The fourth-order valence-electron chi connectivity index (χ4n) is 2.40. The molecule has 3 heteroatoms. The Morgan fingerprint density at radius 1 is 1.37 bits per heavy atom. The number of likely N-dealkylation sites (N-methyl/N-ethyl adjacent to an activating group) is 1. The van der Waals surface area contributed by atoms with Gasteiger partial charge in [0.25, 0.3) is 0 Å². The zero-order valence-electron chi connectivity index (χ0n) is 12.2. The lowest BCUT2D eigenvalue weighted by atomic mass is 9.98. The van der Waals surface area contributed by atoms with Crippen molar-refractivity contribution in [3.63, 3.8) is 0 Å². The summed E-state index contributed by atoms with van der Waals surface area (Å²) in [5.74, 6) is 1.66. The summed E-state index contributed by atoms with van der Waals surface area (Å²) in [4.78, 5) is 0. The summed E-state index contributed by atoms with van der Waals surface area (Å²) in [6.45, 7) is 8.93. The van der Waals surface area contributed by atoms with Crippen LogP contribution in [0.5, 0.6) is 5.75 Å². The Morgan fingerprint density at radius 2 is 2.16 bits per heavy atom. The summed E-state index contributed by atoms with van der Waals surface area (Å²) in [7, 11) is 0. The third-order valence-corrected chi connectivity index (χ3v) is 3.48. The molecule has 19 heavy (non-hydrogen) atoms. The Morgan fingerprint density at radius 3 is 2.89 bits per heavy atom. The Bertz CT molecular complexity index is 392. The molecule has 0 bridgehead atoms. The van der Waals surface area contributed by atoms with Crippen molar-refractivity contribution >= 4 is 0 Å². The largest absolute Gasteiger partial charge is 0.490 e. The van der Waals surface area contributed by atoms with E-state index in [9.17, 15) is 0 Å². The van der Waals surface area contributed by atoms with Gasteiger partial charge in [-0.1, -0.05) is 39.0 Å². The maximum absolute atomic E-state index is 6.03. The second-order valence-electron chi connectivity index (χ2n) is 5.48. The third kappa shape index (κ3) is 3.71. The SMILES string of the molecule is CCNC1c2ccccc2OCC1OCCC(C)C. The van der Waals surface area contributed by atoms with Gasteiger partial charge in [0, 0.05) is 12.2 Å². The summed E-state index contributed by atoms with van der Waals surface area (Å²) in [6.07, 6.45) is 1.20. The van der Waals surface area contributed by atoms with Crippen LogP contribution in [-0.4, -0.2) is 25.9 Å². The molecule has 1 aliphatic rings. The smallest absolute Gasteiger partial charge is 0.124 e. The van der Waals surface area contributed by atoms with E-state index in [4.69, 9.17) is 9.47 Å². The molecule has 0 saturated heterocycles. The molecule has 1 N–H and O–H groups in total. The zero-order valence-corrected chi connectivity index (χ0v) is 12.2. The number of fused-ring (bicyclic) bond motifs is 1. The van der Waals surface area contributed by atoms with Crippen LogP contribution in [0.15, 0.2) is 24.3 Å². The molecule has 1 aromatic carbocycles. The van der Waals surface area contributed by atoms with Gasteiger partial charge in [0.2, 0.25) is 0 Å². The number of rotatable bonds is 6. The molecule has 2 unspecified atom stereocenters. The van der Waals surface area contributed by atoms with Crippen molar-refractivity contribution in [1.29, 1.82) is 0 Å². The normalized spacial score (nSPS) is 22.1. The van der Waals surface area contributed by atoms with Gasteiger partial charge in [-0.3, -0.25) is 0 Å². The average molecular weight is 263 g/mol. The number of nitrogens with one attached hydrogen (secondary N) is 1. The number of benzene rings is 1. The fourth-order valence-corrected chi connectivity index (χ4v) is 2.40. The molecule has 1 aromatic rings. The molecule has 0 saturated carbocycles. The molecule has 0 fully saturated rings. The van der Waals surface area contributed by atoms with Gasteiger partial charge in [-0.05, 0) is 24.9 Å². The Labute approximate surface area is 116 Å². The van der Waals surface area contributed by atoms with E-state index in [0.29, 0.717) is 12.5 Å². The second-order valence-corrected chi connectivity index (χ2v) is 5.48. The Hall–Kier alpha value is -1.06. The summed E-state index contributed by atoms with van der Waals surface area (Å²) in [5.41, 5.74) is 1.21. The molecular weight excluding hydrogens is 238 g/mol. The third-order valence-electron chi connectivity index (χ3n) is 3.48. The first kappa shape index (κ1) is 14.4. The van der Waals surface area contributed by atoms with Gasteiger partial charge in [0.05, 0.1) is 6.04 Å². The minimum Gasteiger partial charge on any atom is -0.490 e. The lowest BCUT2D eigenvalue weighted by molar-refractivity contribution is -0.0188. The van der Waals surface area contributed by atoms with E-state index in [-0.39, 0.29) is 12.1 Å². The van der Waals surface area contributed by atoms with E-state index in [1.807, 2.05) is 12.1 Å². The van der Waals surface area contributed by atoms with Crippen LogP contribution in [0.2, 0.25) is 0 Å². The van der Waals surface area contributed by atoms with Gasteiger partial charge < -0.3 is 14.8 Å². The van der Waals surface area contributed by atoms with E-state index in [2.05, 4.69) is 38.2 Å². The monoisotopic (exact) mass is 263 g/mol. The topological polar surface area (TPSA) is 30.5 Å². The van der Waals surface area contributed by atoms with Crippen molar-refractivity contribution < 1.29 is 9.47 Å². The summed E-state index contributed by atoms with van der Waals surface area (Å²) in [6, 6.07) is 8.47. The molecule has 0 radical (unpaired) electrons. The number of ether oxygens (including phenoxy) is 2. The van der Waals surface area contributed by atoms with Crippen LogP contribution in [0.4, 0.5) is 0 Å². The number of para-hydroxylation sites is 1. The molecule has 0 amide bonds. The number of hydrogen-bond donors (Lipinski definition) is 1. The van der Waals surface area contributed by atoms with Gasteiger partial charge in [0.1, 0.15) is 18.5 Å². The first-order valence-electron chi connectivity index (χ1n) is 7.29. The van der Waals surface area contributed by atoms with Crippen molar-refractivity contribution in [1.82, 2.24) is 5.32 Å². The highest BCUT2D eigenvalue weighted by Crippen LogP contribution is 2.33. The maximum atomic E-state index is 6.03. The van der Waals surface area contributed by atoms with Crippen LogP contribution in [0.1, 0.15) is 38.8 Å². The van der Waals surface area contributed by atoms with E-state index in [1.165, 1.54) is 5.56 Å². The lowest BCUT2D eigenvalue weighted by Crippen LogP contribution is -2.41. The zero-order chi connectivity index (χ0) is 13.7. The molecule has 1 heterocycles. The van der Waals surface area contributed by atoms with Crippen LogP contribution in [0.25, 0.3) is 0 Å². The van der Waals surface area contributed by atoms with Crippen molar-refractivity contribution in [3.05, 3.63) is 29.8 Å². The minimum absolute atomic E-state index is 0.105. The average Bonchev–Trinajstić information content (AvgIpc) is 2.41. The molecule has 0 aliphatic carbocycles. The number of hydrogen-bond acceptors (Lipinski definition) is 3. The predicted molar refractivity (Wildman–Crippen MR) is 77.5 cm³/mol. The minimum atomic E-state index is 0.105. The molecule has 2 atom stereocenters. The summed E-state index contributed by atoms with van der Waals surface area (Å²) < 4.78 is 11.8. The van der Waals surface area contributed by atoms with E-state index >= 15 is 0 Å². The molecule has 3 nitrogen and oxygen atoms in total. The molecule has 106 valence electrons. The molecule has 0 spiro atoms. The predicted octanol–water partition coefficient (Wildman–Crippen LogP) is 3.16. The second kappa shape index (κ2) is 6.92. The molecule has 1 aliphatic heterocycles. The van der Waals surface area contributed by atoms with Gasteiger partial charge >= 0.3 is 0 Å².